The molecule has 1 unspecified atom stereocenters. The van der Waals surface area contributed by atoms with Gasteiger partial charge in [-0.3, -0.25) is 0 Å². The van der Waals surface area contributed by atoms with Gasteiger partial charge in [0.2, 0.25) is 0 Å². The standard InChI is InChI=1S/C18H20N2S/c21-17-7-2-1-5-15(17)16-6-3-4-13-12-14-8-9-19-10-11-20(14)18(13)16/h1-7,14,19,21H,8-12H2. The van der Waals surface area contributed by atoms with Crippen LogP contribution in [0.15, 0.2) is 47.4 Å². The summed E-state index contributed by atoms with van der Waals surface area (Å²) in [6, 6.07) is 15.8. The normalized spacial score (nSPS) is 20.8. The van der Waals surface area contributed by atoms with Crippen molar-refractivity contribution in [2.24, 2.45) is 0 Å². The van der Waals surface area contributed by atoms with Crippen LogP contribution in [-0.4, -0.2) is 25.7 Å². The van der Waals surface area contributed by atoms with Gasteiger partial charge in [-0.25, -0.2) is 0 Å². The van der Waals surface area contributed by atoms with E-state index in [2.05, 4.69) is 59.2 Å². The molecule has 2 aromatic rings. The van der Waals surface area contributed by atoms with Crippen LogP contribution in [-0.2, 0) is 6.42 Å². The fourth-order valence-electron chi connectivity index (χ4n) is 3.71. The van der Waals surface area contributed by atoms with Gasteiger partial charge in [-0.15, -0.1) is 12.6 Å². The molecule has 1 N–H and O–H groups in total. The molecular formula is C18H20N2S. The molecule has 2 aliphatic heterocycles. The second-order valence-corrected chi connectivity index (χ2v) is 6.40. The van der Waals surface area contributed by atoms with Gasteiger partial charge in [0.15, 0.2) is 0 Å². The molecule has 0 spiro atoms. The van der Waals surface area contributed by atoms with Crippen molar-refractivity contribution in [1.29, 1.82) is 0 Å². The van der Waals surface area contributed by atoms with Gasteiger partial charge in [0, 0.05) is 35.3 Å². The summed E-state index contributed by atoms with van der Waals surface area (Å²) in [6.45, 7) is 3.31. The number of para-hydroxylation sites is 1. The van der Waals surface area contributed by atoms with Crippen LogP contribution >= 0.6 is 12.6 Å². The summed E-state index contributed by atoms with van der Waals surface area (Å²) in [6.07, 6.45) is 2.41. The van der Waals surface area contributed by atoms with E-state index in [4.69, 9.17) is 0 Å². The number of hydrogen-bond acceptors (Lipinski definition) is 3. The third-order valence-corrected chi connectivity index (χ3v) is 5.07. The van der Waals surface area contributed by atoms with Crippen molar-refractivity contribution in [3.63, 3.8) is 0 Å². The smallest absolute Gasteiger partial charge is 0.0482 e. The first kappa shape index (κ1) is 13.2. The fraction of sp³-hybridized carbons (Fsp3) is 0.333. The molecular weight excluding hydrogens is 276 g/mol. The molecule has 2 aromatic carbocycles. The highest BCUT2D eigenvalue weighted by molar-refractivity contribution is 7.80. The molecule has 0 aliphatic carbocycles. The Labute approximate surface area is 131 Å². The zero-order chi connectivity index (χ0) is 14.2. The molecule has 3 heteroatoms. The Balaban J connectivity index is 1.85. The second kappa shape index (κ2) is 5.39. The first-order chi connectivity index (χ1) is 10.3. The van der Waals surface area contributed by atoms with E-state index in [1.165, 1.54) is 35.2 Å². The van der Waals surface area contributed by atoms with Crippen LogP contribution in [0.3, 0.4) is 0 Å². The highest BCUT2D eigenvalue weighted by Gasteiger charge is 2.32. The van der Waals surface area contributed by atoms with E-state index in [0.717, 1.165) is 24.5 Å². The Morgan fingerprint density at radius 1 is 1.00 bits per heavy atom. The molecule has 2 nitrogen and oxygen atoms in total. The van der Waals surface area contributed by atoms with Gasteiger partial charge in [0.05, 0.1) is 0 Å². The van der Waals surface area contributed by atoms with E-state index in [1.54, 1.807) is 0 Å². The second-order valence-electron chi connectivity index (χ2n) is 5.92. The maximum Gasteiger partial charge on any atom is 0.0482 e. The predicted molar refractivity (Wildman–Crippen MR) is 91.5 cm³/mol. The molecule has 108 valence electrons. The minimum absolute atomic E-state index is 0.656. The van der Waals surface area contributed by atoms with Crippen molar-refractivity contribution in [1.82, 2.24) is 5.32 Å². The SMILES string of the molecule is Sc1ccccc1-c1cccc2c1N1CCNCCC1C2. The van der Waals surface area contributed by atoms with Gasteiger partial charge in [0.1, 0.15) is 0 Å². The van der Waals surface area contributed by atoms with Crippen molar-refractivity contribution in [3.05, 3.63) is 48.0 Å². The molecule has 0 saturated carbocycles. The average Bonchev–Trinajstić information content (AvgIpc) is 2.70. The summed E-state index contributed by atoms with van der Waals surface area (Å²) in [4.78, 5) is 3.67. The van der Waals surface area contributed by atoms with Crippen LogP contribution in [0, 0.1) is 0 Å². The Morgan fingerprint density at radius 3 is 2.76 bits per heavy atom. The van der Waals surface area contributed by atoms with Gasteiger partial charge in [-0.05, 0) is 36.6 Å². The number of nitrogens with zero attached hydrogens (tertiary/aromatic N) is 1. The first-order valence-corrected chi connectivity index (χ1v) is 8.17. The lowest BCUT2D eigenvalue weighted by Gasteiger charge is -2.27. The van der Waals surface area contributed by atoms with Crippen molar-refractivity contribution < 1.29 is 0 Å². The number of rotatable bonds is 1. The van der Waals surface area contributed by atoms with E-state index in [-0.39, 0.29) is 0 Å². The van der Waals surface area contributed by atoms with E-state index < -0.39 is 0 Å². The summed E-state index contributed by atoms with van der Waals surface area (Å²) in [7, 11) is 0. The topological polar surface area (TPSA) is 15.3 Å². The molecule has 2 heterocycles. The largest absolute Gasteiger partial charge is 0.366 e. The number of benzene rings is 2. The summed E-state index contributed by atoms with van der Waals surface area (Å²) >= 11 is 4.66. The lowest BCUT2D eigenvalue weighted by molar-refractivity contribution is 0.612. The third-order valence-electron chi connectivity index (χ3n) is 4.68. The van der Waals surface area contributed by atoms with Crippen LogP contribution in [0.25, 0.3) is 11.1 Å². The quantitative estimate of drug-likeness (QED) is 0.785. The summed E-state index contributed by atoms with van der Waals surface area (Å²) in [5, 5.41) is 3.52. The highest BCUT2D eigenvalue weighted by atomic mass is 32.1. The summed E-state index contributed by atoms with van der Waals surface area (Å²) in [5.74, 6) is 0. The average molecular weight is 296 g/mol. The van der Waals surface area contributed by atoms with Crippen LogP contribution in [0.2, 0.25) is 0 Å². The maximum absolute atomic E-state index is 4.66. The highest BCUT2D eigenvalue weighted by Crippen LogP contribution is 2.43. The van der Waals surface area contributed by atoms with E-state index in [1.807, 2.05) is 6.07 Å². The van der Waals surface area contributed by atoms with Crippen molar-refractivity contribution >= 4 is 18.3 Å². The van der Waals surface area contributed by atoms with Gasteiger partial charge < -0.3 is 10.2 Å². The van der Waals surface area contributed by atoms with Gasteiger partial charge >= 0.3 is 0 Å². The van der Waals surface area contributed by atoms with Crippen LogP contribution in [0.1, 0.15) is 12.0 Å². The van der Waals surface area contributed by atoms with E-state index in [9.17, 15) is 0 Å². The Kier molecular flexibility index (Phi) is 3.40. The van der Waals surface area contributed by atoms with Crippen molar-refractivity contribution in [3.8, 4) is 11.1 Å². The lowest BCUT2D eigenvalue weighted by atomic mass is 10.00. The molecule has 0 amide bonds. The third kappa shape index (κ3) is 2.25. The molecule has 2 aliphatic rings. The number of fused-ring (bicyclic) bond motifs is 3. The molecule has 0 radical (unpaired) electrons. The van der Waals surface area contributed by atoms with E-state index >= 15 is 0 Å². The predicted octanol–water partition coefficient (Wildman–Crippen LogP) is 3.37. The number of nitrogens with one attached hydrogen (secondary N) is 1. The van der Waals surface area contributed by atoms with Crippen LogP contribution < -0.4 is 10.2 Å². The summed E-state index contributed by atoms with van der Waals surface area (Å²) in [5.41, 5.74) is 5.52. The minimum atomic E-state index is 0.656. The molecule has 0 aromatic heterocycles. The number of thiol groups is 1. The Hall–Kier alpha value is -1.45. The zero-order valence-corrected chi connectivity index (χ0v) is 12.9. The van der Waals surface area contributed by atoms with E-state index in [0.29, 0.717) is 6.04 Å². The van der Waals surface area contributed by atoms with Gasteiger partial charge in [-0.1, -0.05) is 36.4 Å². The Morgan fingerprint density at radius 2 is 1.86 bits per heavy atom. The fourth-order valence-corrected chi connectivity index (χ4v) is 3.99. The van der Waals surface area contributed by atoms with Gasteiger partial charge in [-0.2, -0.15) is 0 Å². The van der Waals surface area contributed by atoms with Crippen LogP contribution in [0.5, 0.6) is 0 Å². The monoisotopic (exact) mass is 296 g/mol. The zero-order valence-electron chi connectivity index (χ0n) is 12.0. The maximum atomic E-state index is 4.66. The summed E-state index contributed by atoms with van der Waals surface area (Å²) < 4.78 is 0. The molecule has 1 saturated heterocycles. The molecule has 0 bridgehead atoms. The number of hydrogen-bond donors (Lipinski definition) is 2. The lowest BCUT2D eigenvalue weighted by Crippen LogP contribution is -2.33. The minimum Gasteiger partial charge on any atom is -0.366 e. The molecule has 1 fully saturated rings. The molecule has 21 heavy (non-hydrogen) atoms. The van der Waals surface area contributed by atoms with Crippen LogP contribution in [0.4, 0.5) is 5.69 Å². The van der Waals surface area contributed by atoms with Crippen molar-refractivity contribution in [2.45, 2.75) is 23.8 Å². The number of anilines is 1. The van der Waals surface area contributed by atoms with Gasteiger partial charge in [0.25, 0.3) is 0 Å². The van der Waals surface area contributed by atoms with Crippen molar-refractivity contribution in [2.75, 3.05) is 24.5 Å². The Bertz CT molecular complexity index is 668. The first-order valence-electron chi connectivity index (χ1n) is 7.72. The molecule has 4 rings (SSSR count). The molecule has 1 atom stereocenters.